The van der Waals surface area contributed by atoms with E-state index in [1.54, 1.807) is 4.67 Å². The van der Waals surface area contributed by atoms with Crippen LogP contribution < -0.4 is 0 Å². The zero-order valence-corrected chi connectivity index (χ0v) is 6.71. The van der Waals surface area contributed by atoms with Crippen LogP contribution in [-0.2, 0) is 0 Å². The molecule has 0 heterocycles. The Bertz CT molecular complexity index is 58.0. The van der Waals surface area contributed by atoms with Crippen molar-refractivity contribution in [1.82, 2.24) is 4.67 Å². The first-order valence-corrected chi connectivity index (χ1v) is 4.68. The summed E-state index contributed by atoms with van der Waals surface area (Å²) >= 11 is 5.17. The van der Waals surface area contributed by atoms with E-state index in [9.17, 15) is 4.20 Å². The molecule has 0 fully saturated rings. The van der Waals surface area contributed by atoms with Crippen molar-refractivity contribution in [2.45, 2.75) is 13.8 Å². The first kappa shape index (κ1) is 8.61. The van der Waals surface area contributed by atoms with E-state index < -0.39 is 7.74 Å². The fourth-order valence-electron chi connectivity index (χ4n) is 0.437. The summed E-state index contributed by atoms with van der Waals surface area (Å²) in [6, 6.07) is 0. The third-order valence-electron chi connectivity index (χ3n) is 0.944. The molecule has 1 atom stereocenters. The van der Waals surface area contributed by atoms with E-state index in [-0.39, 0.29) is 0 Å². The normalized spacial score (nSPS) is 14.6. The number of hydrogen-bond donors (Lipinski definition) is 0. The van der Waals surface area contributed by atoms with Crippen LogP contribution >= 0.6 is 19.0 Å². The third-order valence-corrected chi connectivity index (χ3v) is 2.58. The minimum absolute atomic E-state index is 0.697. The topological polar surface area (TPSA) is 3.24 Å². The Morgan fingerprint density at radius 2 is 1.88 bits per heavy atom. The van der Waals surface area contributed by atoms with Gasteiger partial charge in [0.25, 0.3) is 7.74 Å². The molecule has 0 aliphatic heterocycles. The maximum absolute atomic E-state index is 12.1. The Hall–Kier alpha value is 0.610. The Morgan fingerprint density at radius 1 is 1.50 bits per heavy atom. The van der Waals surface area contributed by atoms with Crippen molar-refractivity contribution in [1.29, 1.82) is 0 Å². The molecule has 0 amide bonds. The summed E-state index contributed by atoms with van der Waals surface area (Å²) < 4.78 is 13.7. The molecule has 4 heteroatoms. The van der Waals surface area contributed by atoms with Gasteiger partial charge in [0.05, 0.1) is 0 Å². The van der Waals surface area contributed by atoms with Crippen LogP contribution in [-0.4, -0.2) is 17.8 Å². The molecule has 0 rings (SSSR count). The highest BCUT2D eigenvalue weighted by molar-refractivity contribution is 7.77. The highest BCUT2D eigenvalue weighted by Gasteiger charge is 2.09. The molecule has 0 aliphatic rings. The van der Waals surface area contributed by atoms with Crippen LogP contribution in [0.15, 0.2) is 0 Å². The molecule has 8 heavy (non-hydrogen) atoms. The van der Waals surface area contributed by atoms with Gasteiger partial charge in [-0.25, -0.2) is 4.67 Å². The van der Waals surface area contributed by atoms with E-state index in [4.69, 9.17) is 11.2 Å². The maximum atomic E-state index is 12.1. The summed E-state index contributed by atoms with van der Waals surface area (Å²) in [6.45, 7) is 5.17. The quantitative estimate of drug-likeness (QED) is 0.570. The van der Waals surface area contributed by atoms with E-state index in [0.29, 0.717) is 13.1 Å². The van der Waals surface area contributed by atoms with Gasteiger partial charge < -0.3 is 0 Å². The van der Waals surface area contributed by atoms with Gasteiger partial charge in [-0.3, -0.25) is 0 Å². The van der Waals surface area contributed by atoms with Gasteiger partial charge in [-0.1, -0.05) is 13.8 Å². The van der Waals surface area contributed by atoms with Gasteiger partial charge in [0.1, 0.15) is 0 Å². The van der Waals surface area contributed by atoms with Crippen LogP contribution in [0, 0.1) is 0 Å². The SMILES string of the molecule is CCN(CC)P(F)Cl. The summed E-state index contributed by atoms with van der Waals surface area (Å²) in [5, 5.41) is 0. The molecule has 1 nitrogen and oxygen atoms in total. The minimum atomic E-state index is -1.86. The molecule has 0 bridgehead atoms. The fraction of sp³-hybridized carbons (Fsp3) is 1.00. The molecule has 0 N–H and O–H groups in total. The lowest BCUT2D eigenvalue weighted by atomic mass is 10.7. The monoisotopic (exact) mass is 157 g/mol. The second-order valence-corrected chi connectivity index (χ2v) is 3.19. The number of rotatable bonds is 3. The first-order valence-electron chi connectivity index (χ1n) is 2.58. The van der Waals surface area contributed by atoms with Crippen LogP contribution in [0.5, 0.6) is 0 Å². The Balaban J connectivity index is 3.35. The van der Waals surface area contributed by atoms with E-state index in [2.05, 4.69) is 0 Å². The van der Waals surface area contributed by atoms with Crippen molar-refractivity contribution in [2.75, 3.05) is 13.1 Å². The van der Waals surface area contributed by atoms with Crippen molar-refractivity contribution in [3.05, 3.63) is 0 Å². The minimum Gasteiger partial charge on any atom is -0.244 e. The molecule has 0 saturated heterocycles. The van der Waals surface area contributed by atoms with Gasteiger partial charge in [-0.05, 0) is 11.2 Å². The number of nitrogens with zero attached hydrogens (tertiary/aromatic N) is 1. The molecule has 0 aromatic heterocycles. The third kappa shape index (κ3) is 2.81. The smallest absolute Gasteiger partial charge is 0.244 e. The van der Waals surface area contributed by atoms with Crippen LogP contribution in [0.3, 0.4) is 0 Å². The molecule has 0 spiro atoms. The molecule has 1 unspecified atom stereocenters. The molecule has 0 aromatic carbocycles. The van der Waals surface area contributed by atoms with Crippen LogP contribution in [0.1, 0.15) is 13.8 Å². The predicted molar refractivity (Wildman–Crippen MR) is 36.8 cm³/mol. The van der Waals surface area contributed by atoms with E-state index in [1.807, 2.05) is 13.8 Å². The molecular weight excluding hydrogens is 147 g/mol. The van der Waals surface area contributed by atoms with Crippen molar-refractivity contribution >= 4 is 19.0 Å². The zero-order valence-electron chi connectivity index (χ0n) is 5.06. The largest absolute Gasteiger partial charge is 0.255 e. The van der Waals surface area contributed by atoms with Gasteiger partial charge in [0, 0.05) is 13.1 Å². The van der Waals surface area contributed by atoms with Gasteiger partial charge in [-0.15, -0.1) is 0 Å². The Kier molecular flexibility index (Phi) is 4.83. The summed E-state index contributed by atoms with van der Waals surface area (Å²) in [7, 11) is -1.86. The number of halogens is 2. The molecule has 0 radical (unpaired) electrons. The zero-order chi connectivity index (χ0) is 6.57. The highest BCUT2D eigenvalue weighted by atomic mass is 35.7. The molecular formula is C4H10ClFNP. The summed E-state index contributed by atoms with van der Waals surface area (Å²) in [5.74, 6) is 0. The lowest BCUT2D eigenvalue weighted by molar-refractivity contribution is 0.491. The van der Waals surface area contributed by atoms with Crippen LogP contribution in [0.2, 0.25) is 0 Å². The highest BCUT2D eigenvalue weighted by Crippen LogP contribution is 2.46. The molecule has 0 aromatic rings. The lowest BCUT2D eigenvalue weighted by Gasteiger charge is -2.15. The molecule has 0 aliphatic carbocycles. The van der Waals surface area contributed by atoms with Crippen molar-refractivity contribution in [3.8, 4) is 0 Å². The van der Waals surface area contributed by atoms with E-state index >= 15 is 0 Å². The van der Waals surface area contributed by atoms with Crippen molar-refractivity contribution in [3.63, 3.8) is 0 Å². The van der Waals surface area contributed by atoms with Gasteiger partial charge in [0.15, 0.2) is 0 Å². The summed E-state index contributed by atoms with van der Waals surface area (Å²) in [6.07, 6.45) is 0. The Morgan fingerprint density at radius 3 is 1.88 bits per heavy atom. The second-order valence-electron chi connectivity index (χ2n) is 1.35. The van der Waals surface area contributed by atoms with Crippen LogP contribution in [0.25, 0.3) is 0 Å². The molecule has 0 saturated carbocycles. The second kappa shape index (κ2) is 4.49. The van der Waals surface area contributed by atoms with Gasteiger partial charge in [0.2, 0.25) is 0 Å². The average molecular weight is 158 g/mol. The fourth-order valence-corrected chi connectivity index (χ4v) is 1.51. The first-order chi connectivity index (χ1) is 3.72. The van der Waals surface area contributed by atoms with Gasteiger partial charge in [-0.2, -0.15) is 4.20 Å². The lowest BCUT2D eigenvalue weighted by Crippen LogP contribution is -2.12. The maximum Gasteiger partial charge on any atom is 0.255 e. The summed E-state index contributed by atoms with van der Waals surface area (Å²) in [5.41, 5.74) is 0. The Labute approximate surface area is 55.5 Å². The van der Waals surface area contributed by atoms with Crippen LogP contribution in [0.4, 0.5) is 4.20 Å². The van der Waals surface area contributed by atoms with Crippen molar-refractivity contribution in [2.24, 2.45) is 0 Å². The van der Waals surface area contributed by atoms with Crippen molar-refractivity contribution < 1.29 is 4.20 Å². The standard InChI is InChI=1S/C4H10ClFNP/c1-3-7(4-2)8(5)6/h3-4H2,1-2H3. The predicted octanol–water partition coefficient (Wildman–Crippen LogP) is 2.76. The van der Waals surface area contributed by atoms with E-state index in [1.165, 1.54) is 0 Å². The van der Waals surface area contributed by atoms with Gasteiger partial charge >= 0.3 is 0 Å². The van der Waals surface area contributed by atoms with E-state index in [0.717, 1.165) is 0 Å². The number of hydrogen-bond acceptors (Lipinski definition) is 1. The molecule has 50 valence electrons. The summed E-state index contributed by atoms with van der Waals surface area (Å²) in [4.78, 5) is 0. The average Bonchev–Trinajstić information content (AvgIpc) is 1.69.